The first-order valence-electron chi connectivity index (χ1n) is 7.52. The van der Waals surface area contributed by atoms with E-state index in [2.05, 4.69) is 10.6 Å². The smallest absolute Gasteiger partial charge is 0.433 e. The molecule has 2 amide bonds. The number of nitrogens with zero attached hydrogens (tertiary/aromatic N) is 4. The van der Waals surface area contributed by atoms with Crippen LogP contribution >= 0.6 is 44.8 Å². The van der Waals surface area contributed by atoms with Gasteiger partial charge in [0.15, 0.2) is 0 Å². The van der Waals surface area contributed by atoms with Crippen LogP contribution < -0.4 is 0 Å². The quantitative estimate of drug-likeness (QED) is 0.121. The lowest BCUT2D eigenvalue weighted by molar-refractivity contribution is 0.105. The molecule has 26 heavy (non-hydrogen) atoms. The molecule has 0 fully saturated rings. The van der Waals surface area contributed by atoms with Crippen LogP contribution in [-0.2, 0) is 9.47 Å². The third-order valence-corrected chi connectivity index (χ3v) is 5.41. The van der Waals surface area contributed by atoms with Crippen LogP contribution in [0.15, 0.2) is 10.6 Å². The first-order chi connectivity index (χ1) is 12.6. The number of amides is 2. The molecule has 0 aromatic carbocycles. The van der Waals surface area contributed by atoms with Crippen molar-refractivity contribution in [2.75, 3.05) is 49.6 Å². The van der Waals surface area contributed by atoms with E-state index >= 15 is 0 Å². The second-order valence-electron chi connectivity index (χ2n) is 4.37. The summed E-state index contributed by atoms with van der Waals surface area (Å²) in [5.74, 6) is 1.67. The first kappa shape index (κ1) is 25.0. The summed E-state index contributed by atoms with van der Waals surface area (Å²) in [5.41, 5.74) is 0. The Labute approximate surface area is 168 Å². The SMILES string of the molecule is O=NN(CCCl)C(=O)OCCCSSCCCOC(=O)N(CCCl)N=O. The van der Waals surface area contributed by atoms with Crippen molar-refractivity contribution in [1.29, 1.82) is 0 Å². The Bertz CT molecular complexity index is 401. The summed E-state index contributed by atoms with van der Waals surface area (Å²) in [5, 5.41) is 6.30. The summed E-state index contributed by atoms with van der Waals surface area (Å²) >= 11 is 10.8. The number of carbonyl (C=O) groups excluding carboxylic acids is 2. The second kappa shape index (κ2) is 17.4. The summed E-state index contributed by atoms with van der Waals surface area (Å²) in [7, 11) is 3.15. The number of hydrogen-bond donors (Lipinski definition) is 0. The molecule has 0 spiro atoms. The minimum atomic E-state index is -0.812. The maximum absolute atomic E-state index is 11.4. The van der Waals surface area contributed by atoms with Gasteiger partial charge in [0.05, 0.1) is 36.9 Å². The van der Waals surface area contributed by atoms with Crippen molar-refractivity contribution < 1.29 is 19.1 Å². The highest BCUT2D eigenvalue weighted by Crippen LogP contribution is 2.22. The van der Waals surface area contributed by atoms with Gasteiger partial charge in [0.1, 0.15) is 0 Å². The number of hydrogen-bond acceptors (Lipinski definition) is 10. The number of ether oxygens (including phenoxy) is 2. The normalized spacial score (nSPS) is 10.1. The number of rotatable bonds is 15. The number of halogens is 2. The molecule has 0 saturated carbocycles. The summed E-state index contributed by atoms with van der Waals surface area (Å²) in [6, 6.07) is 0. The van der Waals surface area contributed by atoms with Crippen LogP contribution in [-0.4, -0.2) is 71.8 Å². The van der Waals surface area contributed by atoms with Crippen molar-refractivity contribution in [3.8, 4) is 0 Å². The molecule has 10 nitrogen and oxygen atoms in total. The standard InChI is InChI=1S/C12H20Cl2N4O6S2/c13-3-5-17(15-21)11(19)23-7-1-9-25-26-10-2-8-24-12(20)18(16-22)6-4-14/h1-10H2. The average Bonchev–Trinajstić information content (AvgIpc) is 2.65. The monoisotopic (exact) mass is 450 g/mol. The molecule has 0 saturated heterocycles. The van der Waals surface area contributed by atoms with E-state index in [-0.39, 0.29) is 38.1 Å². The largest absolute Gasteiger partial charge is 0.448 e. The molecule has 0 bridgehead atoms. The first-order valence-corrected chi connectivity index (χ1v) is 11.1. The van der Waals surface area contributed by atoms with E-state index < -0.39 is 12.2 Å². The average molecular weight is 451 g/mol. The van der Waals surface area contributed by atoms with Crippen LogP contribution in [0.3, 0.4) is 0 Å². The fourth-order valence-corrected chi connectivity index (χ4v) is 3.75. The van der Waals surface area contributed by atoms with Gasteiger partial charge in [-0.15, -0.1) is 33.0 Å². The molecule has 0 aromatic heterocycles. The summed E-state index contributed by atoms with van der Waals surface area (Å²) < 4.78 is 9.76. The van der Waals surface area contributed by atoms with E-state index in [1.807, 2.05) is 0 Å². The van der Waals surface area contributed by atoms with Crippen LogP contribution in [0.25, 0.3) is 0 Å². The Hall–Kier alpha value is -0.980. The Morgan fingerprint density at radius 2 is 1.19 bits per heavy atom. The highest BCUT2D eigenvalue weighted by Gasteiger charge is 2.15. The Kier molecular flexibility index (Phi) is 16.8. The lowest BCUT2D eigenvalue weighted by atomic mass is 10.5. The van der Waals surface area contributed by atoms with Gasteiger partial charge in [-0.05, 0) is 12.8 Å². The van der Waals surface area contributed by atoms with Gasteiger partial charge in [0.25, 0.3) is 0 Å². The van der Waals surface area contributed by atoms with Crippen molar-refractivity contribution in [3.63, 3.8) is 0 Å². The molecule has 0 aromatic rings. The second-order valence-corrected chi connectivity index (χ2v) is 7.83. The number of alkyl halides is 2. The Morgan fingerprint density at radius 3 is 1.50 bits per heavy atom. The maximum Gasteiger partial charge on any atom is 0.433 e. The Morgan fingerprint density at radius 1 is 0.808 bits per heavy atom. The van der Waals surface area contributed by atoms with Crippen LogP contribution in [0.5, 0.6) is 0 Å². The maximum atomic E-state index is 11.4. The van der Waals surface area contributed by atoms with Gasteiger partial charge < -0.3 is 9.47 Å². The van der Waals surface area contributed by atoms with Gasteiger partial charge in [0.2, 0.25) is 0 Å². The van der Waals surface area contributed by atoms with Gasteiger partial charge in [-0.1, -0.05) is 21.6 Å². The Balaban J connectivity index is 3.54. The van der Waals surface area contributed by atoms with Crippen LogP contribution in [0.1, 0.15) is 12.8 Å². The number of nitroso groups, excluding NO2 is 2. The van der Waals surface area contributed by atoms with Crippen LogP contribution in [0.4, 0.5) is 9.59 Å². The molecule has 14 heteroatoms. The lowest BCUT2D eigenvalue weighted by Crippen LogP contribution is -2.28. The molecule has 0 rings (SSSR count). The third kappa shape index (κ3) is 12.4. The molecule has 0 atom stereocenters. The fraction of sp³-hybridized carbons (Fsp3) is 0.833. The number of carbonyl (C=O) groups is 2. The molecule has 0 N–H and O–H groups in total. The molecule has 0 heterocycles. The van der Waals surface area contributed by atoms with Crippen molar-refractivity contribution in [2.45, 2.75) is 12.8 Å². The minimum absolute atomic E-state index is 0.00557. The van der Waals surface area contributed by atoms with E-state index in [1.54, 1.807) is 21.6 Å². The van der Waals surface area contributed by atoms with E-state index in [0.29, 0.717) is 22.9 Å². The highest BCUT2D eigenvalue weighted by molar-refractivity contribution is 8.76. The van der Waals surface area contributed by atoms with Crippen LogP contribution in [0.2, 0.25) is 0 Å². The fourth-order valence-electron chi connectivity index (χ4n) is 1.31. The van der Waals surface area contributed by atoms with Gasteiger partial charge >= 0.3 is 12.2 Å². The van der Waals surface area contributed by atoms with Crippen molar-refractivity contribution in [2.24, 2.45) is 10.6 Å². The molecule has 0 aliphatic heterocycles. The lowest BCUT2D eigenvalue weighted by Gasteiger charge is -2.12. The zero-order valence-electron chi connectivity index (χ0n) is 13.9. The van der Waals surface area contributed by atoms with Gasteiger partial charge in [-0.3, -0.25) is 0 Å². The highest BCUT2D eigenvalue weighted by atomic mass is 35.5. The topological polar surface area (TPSA) is 118 Å². The summed E-state index contributed by atoms with van der Waals surface area (Å²) in [6.45, 7) is 0.359. The van der Waals surface area contributed by atoms with E-state index in [4.69, 9.17) is 32.7 Å². The summed E-state index contributed by atoms with van der Waals surface area (Å²) in [4.78, 5) is 43.5. The molecular weight excluding hydrogens is 431 g/mol. The zero-order valence-corrected chi connectivity index (χ0v) is 17.0. The van der Waals surface area contributed by atoms with E-state index in [1.165, 1.54) is 0 Å². The van der Waals surface area contributed by atoms with Crippen molar-refractivity contribution >= 4 is 57.0 Å². The van der Waals surface area contributed by atoms with Gasteiger partial charge in [-0.25, -0.2) is 9.59 Å². The molecule has 0 aliphatic carbocycles. The van der Waals surface area contributed by atoms with Crippen molar-refractivity contribution in [1.82, 2.24) is 10.0 Å². The third-order valence-electron chi connectivity index (χ3n) is 2.49. The molecular formula is C12H20Cl2N4O6S2. The van der Waals surface area contributed by atoms with Gasteiger partial charge in [0, 0.05) is 23.3 Å². The zero-order chi connectivity index (χ0) is 19.6. The minimum Gasteiger partial charge on any atom is -0.448 e. The van der Waals surface area contributed by atoms with Gasteiger partial charge in [-0.2, -0.15) is 10.0 Å². The molecule has 0 unspecified atom stereocenters. The predicted molar refractivity (Wildman–Crippen MR) is 103 cm³/mol. The van der Waals surface area contributed by atoms with E-state index in [0.717, 1.165) is 11.5 Å². The van der Waals surface area contributed by atoms with E-state index in [9.17, 15) is 19.4 Å². The summed E-state index contributed by atoms with van der Waals surface area (Å²) in [6.07, 6.45) is -0.393. The molecule has 0 aliphatic rings. The van der Waals surface area contributed by atoms with Crippen molar-refractivity contribution in [3.05, 3.63) is 9.81 Å². The predicted octanol–water partition coefficient (Wildman–Crippen LogP) is 3.87. The molecule has 0 radical (unpaired) electrons. The molecule has 150 valence electrons. The van der Waals surface area contributed by atoms with Crippen LogP contribution in [0, 0.1) is 9.81 Å².